The minimum Gasteiger partial charge on any atom is -0.744 e. The fourth-order valence-electron chi connectivity index (χ4n) is 3.99. The topological polar surface area (TPSA) is 252 Å². The van der Waals surface area contributed by atoms with Crippen molar-refractivity contribution in [2.75, 3.05) is 5.73 Å². The van der Waals surface area contributed by atoms with Crippen molar-refractivity contribution >= 4 is 72.0 Å². The Morgan fingerprint density at radius 3 is 2.05 bits per heavy atom. The van der Waals surface area contributed by atoms with Gasteiger partial charge in [-0.25, -0.2) is 26.4 Å². The van der Waals surface area contributed by atoms with Gasteiger partial charge in [-0.1, -0.05) is 23.2 Å². The van der Waals surface area contributed by atoms with Crippen LogP contribution in [0.5, 0.6) is 0 Å². The molecule has 17 heteroatoms. The van der Waals surface area contributed by atoms with Gasteiger partial charge in [0.2, 0.25) is 0 Å². The number of nitrogens with two attached hydrogens (primary N) is 1. The van der Waals surface area contributed by atoms with Crippen LogP contribution < -0.4 is 11.1 Å². The molecule has 0 amide bonds. The number of hydrogen-bond donors (Lipinski definition) is 4. The van der Waals surface area contributed by atoms with Crippen molar-refractivity contribution in [3.8, 4) is 22.5 Å². The Bertz CT molecular complexity index is 1990. The van der Waals surface area contributed by atoms with E-state index >= 15 is 0 Å². The van der Waals surface area contributed by atoms with Crippen molar-refractivity contribution in [3.63, 3.8) is 0 Å². The van der Waals surface area contributed by atoms with Gasteiger partial charge in [-0.05, 0) is 30.3 Å². The minimum atomic E-state index is -5.49. The number of anilines is 1. The SMILES string of the molecule is N=c1ccc2c(-c3c(Cl)cc(C(=O)O)c(Cl)c3C(=O)O)c3ccc(N)c(S(=O)(=O)[O-])c3oc-2c1S(=O)(=O)[O-]. The molecular formula is C21H10Cl2N2O11S2-2. The van der Waals surface area contributed by atoms with Crippen molar-refractivity contribution in [2.24, 2.45) is 0 Å². The first kappa shape index (κ1) is 27.3. The highest BCUT2D eigenvalue weighted by Crippen LogP contribution is 2.49. The number of aromatic carboxylic acids is 2. The maximum absolute atomic E-state index is 12.3. The van der Waals surface area contributed by atoms with Crippen molar-refractivity contribution in [1.29, 1.82) is 5.41 Å². The lowest BCUT2D eigenvalue weighted by molar-refractivity contribution is 0.0696. The standard InChI is InChI=1S/C21H12Cl2N2O11S2/c22-9-5-8(20(26)27)15(23)14(21(28)29)13(9)12-6-1-3-10(24)18(37(30,31)32)16(6)36-17-7(12)2-4-11(25)19(17)38(33,34)35/h1-5,24H,25H2,(H,26,27)(H,28,29)(H,30,31,32)(H,33,34,35)/p-2. The molecule has 0 aromatic heterocycles. The quantitative estimate of drug-likeness (QED) is 0.146. The Kier molecular flexibility index (Phi) is 6.42. The summed E-state index contributed by atoms with van der Waals surface area (Å²) in [6.45, 7) is 0. The van der Waals surface area contributed by atoms with Gasteiger partial charge in [0.25, 0.3) is 0 Å². The third-order valence-corrected chi connectivity index (χ3v) is 7.92. The number of rotatable bonds is 5. The van der Waals surface area contributed by atoms with E-state index in [9.17, 15) is 45.7 Å². The summed E-state index contributed by atoms with van der Waals surface area (Å²) in [4.78, 5) is 21.4. The van der Waals surface area contributed by atoms with E-state index in [-0.39, 0.29) is 10.9 Å². The van der Waals surface area contributed by atoms with Crippen LogP contribution in [0.25, 0.3) is 33.4 Å². The highest BCUT2D eigenvalue weighted by Gasteiger charge is 2.32. The zero-order chi connectivity index (χ0) is 28.5. The lowest BCUT2D eigenvalue weighted by atomic mass is 9.89. The van der Waals surface area contributed by atoms with Crippen LogP contribution in [0.15, 0.2) is 44.5 Å². The fraction of sp³-hybridized carbons (Fsp3) is 0. The first-order valence-corrected chi connectivity index (χ1v) is 13.3. The van der Waals surface area contributed by atoms with Crippen LogP contribution in [0, 0.1) is 5.41 Å². The van der Waals surface area contributed by atoms with E-state index in [1.165, 1.54) is 0 Å². The summed E-state index contributed by atoms with van der Waals surface area (Å²) in [5, 5.41) is 24.7. The number of carbonyl (C=O) groups is 2. The van der Waals surface area contributed by atoms with E-state index in [4.69, 9.17) is 38.8 Å². The van der Waals surface area contributed by atoms with Crippen molar-refractivity contribution in [3.05, 3.63) is 56.9 Å². The molecule has 0 unspecified atom stereocenters. The Labute approximate surface area is 222 Å². The summed E-state index contributed by atoms with van der Waals surface area (Å²) >= 11 is 12.4. The number of carboxylic acid groups (broad SMARTS) is 2. The first-order valence-electron chi connectivity index (χ1n) is 9.74. The fourth-order valence-corrected chi connectivity index (χ4v) is 6.05. The molecule has 13 nitrogen and oxygen atoms in total. The van der Waals surface area contributed by atoms with E-state index in [0.717, 1.165) is 30.3 Å². The first-order chi connectivity index (χ1) is 17.5. The number of carboxylic acids is 2. The van der Waals surface area contributed by atoms with E-state index < -0.39 is 96.7 Å². The molecule has 38 heavy (non-hydrogen) atoms. The molecule has 1 aliphatic heterocycles. The highest BCUT2D eigenvalue weighted by atomic mass is 35.5. The molecule has 2 aromatic carbocycles. The average Bonchev–Trinajstić information content (AvgIpc) is 2.76. The molecular weight excluding hydrogens is 591 g/mol. The second-order valence-corrected chi connectivity index (χ2v) is 11.1. The number of hydrogen-bond acceptors (Lipinski definition) is 11. The van der Waals surface area contributed by atoms with Crippen LogP contribution in [0.3, 0.4) is 0 Å². The zero-order valence-electron chi connectivity index (χ0n) is 18.1. The Hall–Kier alpha value is -3.73. The Morgan fingerprint density at radius 1 is 0.921 bits per heavy atom. The number of benzene rings is 3. The molecule has 0 fully saturated rings. The van der Waals surface area contributed by atoms with Crippen LogP contribution in [0.4, 0.5) is 5.69 Å². The van der Waals surface area contributed by atoms with Crippen LogP contribution in [0.2, 0.25) is 10.0 Å². The van der Waals surface area contributed by atoms with E-state index in [0.29, 0.717) is 0 Å². The number of halogens is 2. The van der Waals surface area contributed by atoms with E-state index in [2.05, 4.69) is 0 Å². The molecule has 2 aliphatic rings. The molecule has 0 bridgehead atoms. The van der Waals surface area contributed by atoms with Crippen LogP contribution in [-0.4, -0.2) is 48.1 Å². The van der Waals surface area contributed by atoms with Crippen molar-refractivity contribution < 1.29 is 50.2 Å². The lowest BCUT2D eigenvalue weighted by Gasteiger charge is -2.23. The molecule has 0 saturated heterocycles. The second-order valence-electron chi connectivity index (χ2n) is 7.65. The number of fused-ring (bicyclic) bond motifs is 2. The molecule has 0 saturated carbocycles. The monoisotopic (exact) mass is 600 g/mol. The molecule has 0 radical (unpaired) electrons. The lowest BCUT2D eigenvalue weighted by Crippen LogP contribution is -2.17. The van der Waals surface area contributed by atoms with Crippen LogP contribution >= 0.6 is 23.2 Å². The molecule has 1 heterocycles. The van der Waals surface area contributed by atoms with E-state index in [1.54, 1.807) is 0 Å². The van der Waals surface area contributed by atoms with Crippen LogP contribution in [-0.2, 0) is 20.2 Å². The summed E-state index contributed by atoms with van der Waals surface area (Å²) in [7, 11) is -10.9. The summed E-state index contributed by atoms with van der Waals surface area (Å²) in [5.41, 5.74) is 1.24. The molecule has 0 atom stereocenters. The maximum Gasteiger partial charge on any atom is 0.337 e. The van der Waals surface area contributed by atoms with Gasteiger partial charge in [-0.15, -0.1) is 0 Å². The highest BCUT2D eigenvalue weighted by molar-refractivity contribution is 7.86. The third kappa shape index (κ3) is 4.24. The van der Waals surface area contributed by atoms with Gasteiger partial charge >= 0.3 is 11.9 Å². The molecule has 1 aliphatic carbocycles. The molecule has 198 valence electrons. The molecule has 5 N–H and O–H groups in total. The van der Waals surface area contributed by atoms with Crippen molar-refractivity contribution in [2.45, 2.75) is 9.79 Å². The van der Waals surface area contributed by atoms with Gasteiger partial charge in [-0.2, -0.15) is 0 Å². The predicted molar refractivity (Wildman–Crippen MR) is 128 cm³/mol. The molecule has 4 rings (SSSR count). The van der Waals surface area contributed by atoms with Crippen molar-refractivity contribution in [1.82, 2.24) is 0 Å². The van der Waals surface area contributed by atoms with Gasteiger partial charge in [-0.3, -0.25) is 5.41 Å². The summed E-state index contributed by atoms with van der Waals surface area (Å²) < 4.78 is 77.9. The Morgan fingerprint density at radius 2 is 1.53 bits per heavy atom. The van der Waals surface area contributed by atoms with E-state index in [1.807, 2.05) is 0 Å². The summed E-state index contributed by atoms with van der Waals surface area (Å²) in [6, 6.07) is 4.76. The minimum absolute atomic E-state index is 0.350. The molecule has 0 spiro atoms. The normalized spacial score (nSPS) is 12.2. The summed E-state index contributed by atoms with van der Waals surface area (Å²) in [5.74, 6) is -4.36. The van der Waals surface area contributed by atoms with Gasteiger partial charge in [0.05, 0.1) is 32.2 Å². The van der Waals surface area contributed by atoms with Gasteiger partial charge in [0, 0.05) is 22.1 Å². The number of nitrogen functional groups attached to an aromatic ring is 1. The average molecular weight is 601 g/mol. The largest absolute Gasteiger partial charge is 0.744 e. The zero-order valence-corrected chi connectivity index (χ0v) is 21.3. The number of nitrogens with one attached hydrogen (secondary N) is 1. The van der Waals surface area contributed by atoms with Crippen LogP contribution in [0.1, 0.15) is 20.7 Å². The summed E-state index contributed by atoms with van der Waals surface area (Å²) in [6.07, 6.45) is 0. The second kappa shape index (κ2) is 8.93. The molecule has 2 aromatic rings. The smallest absolute Gasteiger partial charge is 0.337 e. The van der Waals surface area contributed by atoms with Gasteiger partial charge in [0.1, 0.15) is 30.0 Å². The third-order valence-electron chi connectivity index (χ3n) is 5.41. The maximum atomic E-state index is 12.3. The Balaban J connectivity index is 2.45. The van der Waals surface area contributed by atoms with Gasteiger partial charge in [0.15, 0.2) is 11.3 Å². The predicted octanol–water partition coefficient (Wildman–Crippen LogP) is 2.78. The van der Waals surface area contributed by atoms with Gasteiger partial charge < -0.3 is 29.5 Å².